The lowest BCUT2D eigenvalue weighted by Gasteiger charge is -2.08. The molecule has 0 radical (unpaired) electrons. The van der Waals surface area contributed by atoms with Crippen molar-refractivity contribution in [2.75, 3.05) is 6.26 Å². The molecule has 0 aromatic heterocycles. The Kier molecular flexibility index (Phi) is 2.65. The van der Waals surface area contributed by atoms with E-state index in [1.54, 1.807) is 6.26 Å². The molecule has 0 saturated heterocycles. The minimum absolute atomic E-state index is 0.114. The highest BCUT2D eigenvalue weighted by atomic mass is 32.2. The maximum Gasteiger partial charge on any atom is 0.193 e. The van der Waals surface area contributed by atoms with Crippen LogP contribution in [-0.2, 0) is 9.59 Å². The van der Waals surface area contributed by atoms with Gasteiger partial charge in [-0.3, -0.25) is 9.59 Å². The summed E-state index contributed by atoms with van der Waals surface area (Å²) in [6.07, 6.45) is 5.76. The topological polar surface area (TPSA) is 34.1 Å². The number of hydrogen-bond donors (Lipinski definition) is 0. The van der Waals surface area contributed by atoms with Gasteiger partial charge in [-0.05, 0) is 18.4 Å². The van der Waals surface area contributed by atoms with Crippen molar-refractivity contribution >= 4 is 23.3 Å². The molecule has 0 heterocycles. The normalized spacial score (nSPS) is 17.1. The highest BCUT2D eigenvalue weighted by Gasteiger charge is 2.18. The van der Waals surface area contributed by atoms with Crippen molar-refractivity contribution in [2.45, 2.75) is 0 Å². The smallest absolute Gasteiger partial charge is 0.193 e. The standard InChI is InChI=1S/C9H8O2S/c1-3-6-7(10)4-5-8(11)9(6)12-2/h3-5H,1H2,2H3. The fourth-order valence-corrected chi connectivity index (χ4v) is 1.64. The van der Waals surface area contributed by atoms with Crippen molar-refractivity contribution in [1.29, 1.82) is 0 Å². The molecule has 12 heavy (non-hydrogen) atoms. The van der Waals surface area contributed by atoms with Crippen LogP contribution in [0.2, 0.25) is 0 Å². The Labute approximate surface area is 75.0 Å². The zero-order chi connectivity index (χ0) is 9.14. The van der Waals surface area contributed by atoms with Gasteiger partial charge < -0.3 is 0 Å². The molecule has 1 aliphatic carbocycles. The van der Waals surface area contributed by atoms with Crippen LogP contribution in [0.3, 0.4) is 0 Å². The highest BCUT2D eigenvalue weighted by molar-refractivity contribution is 8.03. The predicted octanol–water partition coefficient (Wildman–Crippen LogP) is 1.50. The number of carbonyl (C=O) groups excluding carboxylic acids is 2. The first-order valence-corrected chi connectivity index (χ1v) is 4.60. The SMILES string of the molecule is C=CC1=C(SC)C(=O)C=CC1=O. The summed E-state index contributed by atoms with van der Waals surface area (Å²) in [4.78, 5) is 22.8. The van der Waals surface area contributed by atoms with E-state index in [-0.39, 0.29) is 11.6 Å². The van der Waals surface area contributed by atoms with Crippen molar-refractivity contribution in [3.63, 3.8) is 0 Å². The van der Waals surface area contributed by atoms with Gasteiger partial charge in [0.15, 0.2) is 11.6 Å². The van der Waals surface area contributed by atoms with Crippen LogP contribution in [0, 0.1) is 0 Å². The van der Waals surface area contributed by atoms with E-state index in [2.05, 4.69) is 6.58 Å². The van der Waals surface area contributed by atoms with E-state index in [1.165, 1.54) is 30.0 Å². The quantitative estimate of drug-likeness (QED) is 0.604. The van der Waals surface area contributed by atoms with E-state index in [0.717, 1.165) is 0 Å². The van der Waals surface area contributed by atoms with Crippen LogP contribution < -0.4 is 0 Å². The van der Waals surface area contributed by atoms with Crippen LogP contribution in [0.4, 0.5) is 0 Å². The van der Waals surface area contributed by atoms with Gasteiger partial charge in [0.25, 0.3) is 0 Å². The zero-order valence-electron chi connectivity index (χ0n) is 6.66. The molecule has 0 amide bonds. The summed E-state index contributed by atoms with van der Waals surface area (Å²) in [7, 11) is 0. The van der Waals surface area contributed by atoms with Crippen molar-refractivity contribution < 1.29 is 9.59 Å². The summed E-state index contributed by atoms with van der Waals surface area (Å²) >= 11 is 1.28. The van der Waals surface area contributed by atoms with E-state index >= 15 is 0 Å². The second-order valence-corrected chi connectivity index (χ2v) is 3.03. The Morgan fingerprint density at radius 2 is 1.92 bits per heavy atom. The summed E-state index contributed by atoms with van der Waals surface area (Å²) in [6.45, 7) is 3.49. The Morgan fingerprint density at radius 1 is 1.33 bits per heavy atom. The van der Waals surface area contributed by atoms with Gasteiger partial charge in [-0.2, -0.15) is 0 Å². The second kappa shape index (κ2) is 3.54. The number of rotatable bonds is 2. The lowest BCUT2D eigenvalue weighted by Crippen LogP contribution is -2.10. The van der Waals surface area contributed by atoms with Crippen LogP contribution in [0.1, 0.15) is 0 Å². The van der Waals surface area contributed by atoms with Gasteiger partial charge in [-0.1, -0.05) is 12.7 Å². The van der Waals surface area contributed by atoms with Gasteiger partial charge in [0.05, 0.1) is 4.91 Å². The Bertz CT molecular complexity index is 310. The summed E-state index contributed by atoms with van der Waals surface area (Å²) in [5, 5.41) is 0. The molecule has 62 valence electrons. The molecule has 0 unspecified atom stereocenters. The number of hydrogen-bond acceptors (Lipinski definition) is 3. The average molecular weight is 180 g/mol. The summed E-state index contributed by atoms with van der Waals surface area (Å²) in [5.41, 5.74) is 0.412. The molecule has 1 rings (SSSR count). The Hall–Kier alpha value is -1.09. The molecule has 0 spiro atoms. The zero-order valence-corrected chi connectivity index (χ0v) is 7.48. The first-order chi connectivity index (χ1) is 5.70. The molecule has 0 aromatic rings. The molecular formula is C9H8O2S. The van der Waals surface area contributed by atoms with Crippen molar-refractivity contribution in [2.24, 2.45) is 0 Å². The largest absolute Gasteiger partial charge is 0.289 e. The van der Waals surface area contributed by atoms with Crippen LogP contribution in [0.25, 0.3) is 0 Å². The van der Waals surface area contributed by atoms with Gasteiger partial charge in [-0.15, -0.1) is 11.8 Å². The van der Waals surface area contributed by atoms with Gasteiger partial charge in [0.2, 0.25) is 0 Å². The molecule has 3 heteroatoms. The summed E-state index contributed by atoms with van der Waals surface area (Å²) in [6, 6.07) is 0. The third kappa shape index (κ3) is 1.41. The fourth-order valence-electron chi connectivity index (χ4n) is 0.965. The van der Waals surface area contributed by atoms with E-state index in [1.807, 2.05) is 0 Å². The van der Waals surface area contributed by atoms with Gasteiger partial charge in [-0.25, -0.2) is 0 Å². The number of ketones is 2. The van der Waals surface area contributed by atoms with Crippen LogP contribution >= 0.6 is 11.8 Å². The lowest BCUT2D eigenvalue weighted by molar-refractivity contribution is -0.114. The minimum atomic E-state index is -0.144. The molecule has 0 atom stereocenters. The molecule has 0 bridgehead atoms. The van der Waals surface area contributed by atoms with Gasteiger partial charge in [0.1, 0.15) is 0 Å². The third-order valence-electron chi connectivity index (χ3n) is 1.53. The maximum atomic E-state index is 11.2. The predicted molar refractivity (Wildman–Crippen MR) is 49.9 cm³/mol. The average Bonchev–Trinajstić information content (AvgIpc) is 2.08. The van der Waals surface area contributed by atoms with Crippen LogP contribution in [-0.4, -0.2) is 17.8 Å². The van der Waals surface area contributed by atoms with Crippen molar-refractivity contribution in [1.82, 2.24) is 0 Å². The van der Waals surface area contributed by atoms with Crippen LogP contribution in [0.5, 0.6) is 0 Å². The van der Waals surface area contributed by atoms with E-state index in [4.69, 9.17) is 0 Å². The molecule has 0 aliphatic heterocycles. The molecular weight excluding hydrogens is 172 g/mol. The number of allylic oxidation sites excluding steroid dienone is 5. The van der Waals surface area contributed by atoms with Gasteiger partial charge >= 0.3 is 0 Å². The lowest BCUT2D eigenvalue weighted by atomic mass is 10.0. The maximum absolute atomic E-state index is 11.2. The van der Waals surface area contributed by atoms with Crippen molar-refractivity contribution in [3.05, 3.63) is 35.3 Å². The van der Waals surface area contributed by atoms with E-state index < -0.39 is 0 Å². The summed E-state index contributed by atoms with van der Waals surface area (Å²) in [5.74, 6) is -0.258. The molecule has 1 aliphatic rings. The first kappa shape index (κ1) is 9.00. The minimum Gasteiger partial charge on any atom is -0.289 e. The third-order valence-corrected chi connectivity index (χ3v) is 2.36. The molecule has 0 N–H and O–H groups in total. The molecule has 2 nitrogen and oxygen atoms in total. The van der Waals surface area contributed by atoms with Crippen molar-refractivity contribution in [3.8, 4) is 0 Å². The highest BCUT2D eigenvalue weighted by Crippen LogP contribution is 2.23. The van der Waals surface area contributed by atoms with E-state index in [0.29, 0.717) is 10.5 Å². The molecule has 0 saturated carbocycles. The van der Waals surface area contributed by atoms with Gasteiger partial charge in [0, 0.05) is 5.57 Å². The van der Waals surface area contributed by atoms with Crippen LogP contribution in [0.15, 0.2) is 35.3 Å². The Balaban J connectivity index is 3.19. The monoisotopic (exact) mass is 180 g/mol. The first-order valence-electron chi connectivity index (χ1n) is 3.38. The number of thioether (sulfide) groups is 1. The van der Waals surface area contributed by atoms with E-state index in [9.17, 15) is 9.59 Å². The second-order valence-electron chi connectivity index (χ2n) is 2.21. The molecule has 0 aromatic carbocycles. The fraction of sp³-hybridized carbons (Fsp3) is 0.111. The number of carbonyl (C=O) groups is 2. The molecule has 0 fully saturated rings. The Morgan fingerprint density at radius 3 is 2.33 bits per heavy atom. The summed E-state index contributed by atoms with van der Waals surface area (Å²) < 4.78 is 0.